The van der Waals surface area contributed by atoms with Crippen LogP contribution in [0.1, 0.15) is 42.8 Å². The summed E-state index contributed by atoms with van der Waals surface area (Å²) in [5.41, 5.74) is -0.127. The normalized spacial score (nSPS) is 11.4. The van der Waals surface area contributed by atoms with Gasteiger partial charge >= 0.3 is 18.9 Å². The van der Waals surface area contributed by atoms with Gasteiger partial charge in [-0.15, -0.1) is 0 Å². The minimum atomic E-state index is -1.75. The Hall–Kier alpha value is -2.26. The number of hydrogen-bond donors (Lipinski definition) is 3. The molecule has 1 aromatic carbocycles. The predicted molar refractivity (Wildman–Crippen MR) is 80.4 cm³/mol. The fraction of sp³-hybridized carbons (Fsp3) is 0.357. The molecule has 0 unspecified atom stereocenters. The molecule has 2 aromatic rings. The number of carbonyl (C=O) groups is 1. The Morgan fingerprint density at radius 1 is 1.39 bits per heavy atom. The van der Waals surface area contributed by atoms with E-state index in [0.29, 0.717) is 5.82 Å². The Morgan fingerprint density at radius 2 is 2.09 bits per heavy atom. The number of aromatic nitrogens is 2. The maximum atomic E-state index is 13.8. The van der Waals surface area contributed by atoms with E-state index in [0.717, 1.165) is 6.07 Å². The number of nitrogens with zero attached hydrogens (tertiary/aromatic N) is 2. The molecule has 0 spiro atoms. The predicted octanol–water partition coefficient (Wildman–Crippen LogP) is 0.116. The zero-order valence-electron chi connectivity index (χ0n) is 13.0. The third-order valence-electron chi connectivity index (χ3n) is 3.11. The summed E-state index contributed by atoms with van der Waals surface area (Å²) in [4.78, 5) is 15.9. The summed E-state index contributed by atoms with van der Waals surface area (Å²) in [6, 6.07) is 3.72. The first-order valence-corrected chi connectivity index (χ1v) is 6.95. The van der Waals surface area contributed by atoms with Crippen LogP contribution in [0.25, 0.3) is 0 Å². The van der Waals surface area contributed by atoms with Crippen LogP contribution >= 0.6 is 0 Å². The Bertz CT molecular complexity index is 712. The van der Waals surface area contributed by atoms with Crippen molar-refractivity contribution in [1.82, 2.24) is 15.5 Å². The van der Waals surface area contributed by atoms with Gasteiger partial charge in [0.25, 0.3) is 0 Å². The third kappa shape index (κ3) is 4.14. The molecule has 7 nitrogen and oxygen atoms in total. The standard InChI is InChI=1S/C14H17BFN3O4/c1-14(2,3)13-18-12(23-19-13)11(20)17-7-8-4-5-9(15(21)22)6-10(8)16/h4-6,21-22H,7H2,1-3H3,(H,17,20). The van der Waals surface area contributed by atoms with Crippen LogP contribution in [-0.4, -0.2) is 33.2 Å². The van der Waals surface area contributed by atoms with E-state index < -0.39 is 18.8 Å². The highest BCUT2D eigenvalue weighted by atomic mass is 19.1. The molecule has 0 saturated carbocycles. The second kappa shape index (κ2) is 6.47. The summed E-state index contributed by atoms with van der Waals surface area (Å²) in [7, 11) is -1.75. The van der Waals surface area contributed by atoms with Gasteiger partial charge in [-0.05, 0) is 11.5 Å². The first kappa shape index (κ1) is 17.1. The number of halogens is 1. The second-order valence-corrected chi connectivity index (χ2v) is 6.08. The zero-order valence-corrected chi connectivity index (χ0v) is 13.0. The van der Waals surface area contributed by atoms with E-state index >= 15 is 0 Å². The molecule has 0 atom stereocenters. The van der Waals surface area contributed by atoms with Crippen molar-refractivity contribution in [2.45, 2.75) is 32.7 Å². The van der Waals surface area contributed by atoms with Crippen LogP contribution in [0.3, 0.4) is 0 Å². The number of nitrogens with one attached hydrogen (secondary N) is 1. The molecule has 1 heterocycles. The first-order chi connectivity index (χ1) is 10.7. The Kier molecular flexibility index (Phi) is 4.81. The van der Waals surface area contributed by atoms with Gasteiger partial charge in [0.15, 0.2) is 5.82 Å². The van der Waals surface area contributed by atoms with Crippen LogP contribution in [0, 0.1) is 5.82 Å². The average molecular weight is 321 g/mol. The lowest BCUT2D eigenvalue weighted by Crippen LogP contribution is -2.31. The van der Waals surface area contributed by atoms with Crippen LogP contribution in [0.2, 0.25) is 0 Å². The molecule has 0 aliphatic rings. The molecule has 3 N–H and O–H groups in total. The van der Waals surface area contributed by atoms with Gasteiger partial charge < -0.3 is 19.9 Å². The molecule has 1 amide bonds. The average Bonchev–Trinajstić information content (AvgIpc) is 2.95. The first-order valence-electron chi connectivity index (χ1n) is 6.95. The van der Waals surface area contributed by atoms with Gasteiger partial charge in [0.05, 0.1) is 0 Å². The van der Waals surface area contributed by atoms with E-state index in [9.17, 15) is 9.18 Å². The van der Waals surface area contributed by atoms with Gasteiger partial charge in [0, 0.05) is 17.5 Å². The molecule has 1 aromatic heterocycles. The number of hydrogen-bond acceptors (Lipinski definition) is 6. The summed E-state index contributed by atoms with van der Waals surface area (Å²) in [6.45, 7) is 5.55. The van der Waals surface area contributed by atoms with E-state index in [-0.39, 0.29) is 28.9 Å². The van der Waals surface area contributed by atoms with E-state index in [2.05, 4.69) is 15.5 Å². The molecule has 0 aliphatic carbocycles. The summed E-state index contributed by atoms with van der Waals surface area (Å²) in [5, 5.41) is 24.1. The van der Waals surface area contributed by atoms with E-state index in [1.807, 2.05) is 20.8 Å². The molecule has 23 heavy (non-hydrogen) atoms. The van der Waals surface area contributed by atoms with Crippen molar-refractivity contribution in [3.8, 4) is 0 Å². The Balaban J connectivity index is 2.03. The molecule has 0 aliphatic heterocycles. The quantitative estimate of drug-likeness (QED) is 0.690. The van der Waals surface area contributed by atoms with E-state index in [4.69, 9.17) is 14.6 Å². The molecule has 0 fully saturated rings. The van der Waals surface area contributed by atoms with Crippen molar-refractivity contribution in [3.63, 3.8) is 0 Å². The molecule has 122 valence electrons. The lowest BCUT2D eigenvalue weighted by atomic mass is 9.80. The number of benzene rings is 1. The molecule has 2 rings (SSSR count). The number of amides is 1. The molecule has 9 heteroatoms. The zero-order chi connectivity index (χ0) is 17.2. The van der Waals surface area contributed by atoms with Crippen LogP contribution < -0.4 is 10.8 Å². The molecular weight excluding hydrogens is 304 g/mol. The molecular formula is C14H17BFN3O4. The van der Waals surface area contributed by atoms with Crippen LogP contribution in [-0.2, 0) is 12.0 Å². The highest BCUT2D eigenvalue weighted by molar-refractivity contribution is 6.58. The molecule has 0 bridgehead atoms. The highest BCUT2D eigenvalue weighted by Crippen LogP contribution is 2.18. The Morgan fingerprint density at radius 3 is 2.61 bits per heavy atom. The Labute approximate surface area is 132 Å². The number of rotatable bonds is 4. The molecule has 0 radical (unpaired) electrons. The maximum Gasteiger partial charge on any atom is 0.488 e. The van der Waals surface area contributed by atoms with E-state index in [1.165, 1.54) is 12.1 Å². The van der Waals surface area contributed by atoms with Gasteiger partial charge in [-0.25, -0.2) is 4.39 Å². The summed E-state index contributed by atoms with van der Waals surface area (Å²) in [6.07, 6.45) is 0. The number of carbonyl (C=O) groups excluding carboxylic acids is 1. The summed E-state index contributed by atoms with van der Waals surface area (Å²) >= 11 is 0. The van der Waals surface area contributed by atoms with Crippen molar-refractivity contribution >= 4 is 18.5 Å². The van der Waals surface area contributed by atoms with Crippen molar-refractivity contribution in [2.75, 3.05) is 0 Å². The van der Waals surface area contributed by atoms with Gasteiger partial charge in [0.2, 0.25) is 0 Å². The second-order valence-electron chi connectivity index (χ2n) is 6.08. The minimum absolute atomic E-state index is 0.0318. The SMILES string of the molecule is CC(C)(C)c1noc(C(=O)NCc2ccc(B(O)O)cc2F)n1. The van der Waals surface area contributed by atoms with Crippen LogP contribution in [0.4, 0.5) is 4.39 Å². The third-order valence-corrected chi connectivity index (χ3v) is 3.11. The highest BCUT2D eigenvalue weighted by Gasteiger charge is 2.23. The summed E-state index contributed by atoms with van der Waals surface area (Å²) in [5.74, 6) is -1.07. The topological polar surface area (TPSA) is 108 Å². The van der Waals surface area contributed by atoms with Crippen molar-refractivity contribution in [1.29, 1.82) is 0 Å². The van der Waals surface area contributed by atoms with Crippen molar-refractivity contribution in [3.05, 3.63) is 41.3 Å². The van der Waals surface area contributed by atoms with E-state index in [1.54, 1.807) is 0 Å². The fourth-order valence-corrected chi connectivity index (χ4v) is 1.74. The summed E-state index contributed by atoms with van der Waals surface area (Å²) < 4.78 is 18.7. The van der Waals surface area contributed by atoms with Crippen LogP contribution in [0.15, 0.2) is 22.7 Å². The molecule has 0 saturated heterocycles. The fourth-order valence-electron chi connectivity index (χ4n) is 1.74. The maximum absolute atomic E-state index is 13.8. The monoisotopic (exact) mass is 321 g/mol. The van der Waals surface area contributed by atoms with Crippen LogP contribution in [0.5, 0.6) is 0 Å². The van der Waals surface area contributed by atoms with Gasteiger partial charge in [0.1, 0.15) is 5.82 Å². The van der Waals surface area contributed by atoms with Crippen molar-refractivity contribution < 1.29 is 23.8 Å². The lowest BCUT2D eigenvalue weighted by molar-refractivity contribution is 0.0906. The van der Waals surface area contributed by atoms with Crippen molar-refractivity contribution in [2.24, 2.45) is 0 Å². The van der Waals surface area contributed by atoms with Gasteiger partial charge in [-0.3, -0.25) is 4.79 Å². The van der Waals surface area contributed by atoms with Gasteiger partial charge in [-0.1, -0.05) is 38.1 Å². The minimum Gasteiger partial charge on any atom is -0.423 e. The largest absolute Gasteiger partial charge is 0.488 e. The smallest absolute Gasteiger partial charge is 0.423 e. The van der Waals surface area contributed by atoms with Gasteiger partial charge in [-0.2, -0.15) is 4.98 Å². The lowest BCUT2D eigenvalue weighted by Gasteiger charge is -2.10.